The zero-order valence-electron chi connectivity index (χ0n) is 16.6. The molecule has 5 atom stereocenters. The first-order chi connectivity index (χ1) is 14.5. The van der Waals surface area contributed by atoms with Crippen LogP contribution in [0.4, 0.5) is 0 Å². The monoisotopic (exact) mass is 413 g/mol. The van der Waals surface area contributed by atoms with Crippen LogP contribution in [0.25, 0.3) is 0 Å². The molecule has 2 aromatic carbocycles. The SMILES string of the molecule is N#Cc1ccc([C@@H]2O[C@H](CO)[C@@H](O)[C@H](O)[C@H]2O)cc1Cc1ccc(CCCO)cc1. The van der Waals surface area contributed by atoms with E-state index in [4.69, 9.17) is 9.84 Å². The fraction of sp³-hybridized carbons (Fsp3) is 0.435. The van der Waals surface area contributed by atoms with E-state index < -0.39 is 37.1 Å². The lowest BCUT2D eigenvalue weighted by atomic mass is 9.89. The Morgan fingerprint density at radius 3 is 2.23 bits per heavy atom. The highest BCUT2D eigenvalue weighted by Gasteiger charge is 2.44. The van der Waals surface area contributed by atoms with Crippen molar-refractivity contribution in [2.45, 2.75) is 49.8 Å². The van der Waals surface area contributed by atoms with Crippen LogP contribution in [0.2, 0.25) is 0 Å². The molecule has 1 aliphatic heterocycles. The molecular weight excluding hydrogens is 386 g/mol. The summed E-state index contributed by atoms with van der Waals surface area (Å²) in [5.74, 6) is 0. The van der Waals surface area contributed by atoms with Gasteiger partial charge in [0.15, 0.2) is 0 Å². The average Bonchev–Trinajstić information content (AvgIpc) is 2.77. The third kappa shape index (κ3) is 4.87. The molecule has 30 heavy (non-hydrogen) atoms. The predicted molar refractivity (Wildman–Crippen MR) is 109 cm³/mol. The minimum Gasteiger partial charge on any atom is -0.396 e. The Morgan fingerprint density at radius 1 is 0.900 bits per heavy atom. The number of aryl methyl sites for hydroxylation is 1. The molecule has 3 rings (SSSR count). The summed E-state index contributed by atoms with van der Waals surface area (Å²) in [6, 6.07) is 15.2. The van der Waals surface area contributed by atoms with Crippen molar-refractivity contribution in [3.8, 4) is 6.07 Å². The quantitative estimate of drug-likeness (QED) is 0.448. The van der Waals surface area contributed by atoms with Crippen molar-refractivity contribution in [2.24, 2.45) is 0 Å². The van der Waals surface area contributed by atoms with E-state index in [0.717, 1.165) is 23.1 Å². The van der Waals surface area contributed by atoms with E-state index in [1.807, 2.05) is 24.3 Å². The van der Waals surface area contributed by atoms with Gasteiger partial charge in [-0.3, -0.25) is 0 Å². The van der Waals surface area contributed by atoms with Gasteiger partial charge in [0.2, 0.25) is 0 Å². The van der Waals surface area contributed by atoms with Crippen molar-refractivity contribution in [3.63, 3.8) is 0 Å². The van der Waals surface area contributed by atoms with Gasteiger partial charge < -0.3 is 30.3 Å². The molecule has 1 saturated heterocycles. The molecule has 1 heterocycles. The molecule has 0 amide bonds. The Balaban J connectivity index is 1.84. The Hall–Kier alpha value is -2.31. The molecule has 0 aromatic heterocycles. The summed E-state index contributed by atoms with van der Waals surface area (Å²) in [6.07, 6.45) is -4.16. The number of nitriles is 1. The molecule has 0 unspecified atom stereocenters. The molecule has 7 heteroatoms. The molecule has 160 valence electrons. The molecule has 7 nitrogen and oxygen atoms in total. The van der Waals surface area contributed by atoms with Crippen molar-refractivity contribution >= 4 is 0 Å². The second-order valence-corrected chi connectivity index (χ2v) is 7.60. The zero-order chi connectivity index (χ0) is 21.7. The minimum absolute atomic E-state index is 0.151. The summed E-state index contributed by atoms with van der Waals surface area (Å²) in [5.41, 5.74) is 3.93. The molecule has 1 fully saturated rings. The van der Waals surface area contributed by atoms with E-state index in [0.29, 0.717) is 24.0 Å². The fourth-order valence-corrected chi connectivity index (χ4v) is 3.75. The van der Waals surface area contributed by atoms with Gasteiger partial charge in [-0.2, -0.15) is 5.26 Å². The van der Waals surface area contributed by atoms with Crippen molar-refractivity contribution in [3.05, 3.63) is 70.3 Å². The maximum atomic E-state index is 10.4. The molecule has 0 bridgehead atoms. The van der Waals surface area contributed by atoms with Gasteiger partial charge in [-0.25, -0.2) is 0 Å². The van der Waals surface area contributed by atoms with Gasteiger partial charge in [-0.05, 0) is 47.6 Å². The third-order valence-electron chi connectivity index (χ3n) is 5.51. The number of benzene rings is 2. The number of rotatable bonds is 7. The van der Waals surface area contributed by atoms with Crippen molar-refractivity contribution in [1.29, 1.82) is 5.26 Å². The van der Waals surface area contributed by atoms with Crippen LogP contribution in [-0.2, 0) is 17.6 Å². The van der Waals surface area contributed by atoms with Crippen LogP contribution in [-0.4, -0.2) is 63.2 Å². The van der Waals surface area contributed by atoms with E-state index in [1.54, 1.807) is 18.2 Å². The first-order valence-electron chi connectivity index (χ1n) is 10.0. The molecule has 5 N–H and O–H groups in total. The van der Waals surface area contributed by atoms with Crippen LogP contribution < -0.4 is 0 Å². The normalized spacial score (nSPS) is 26.3. The molecule has 0 aliphatic carbocycles. The maximum absolute atomic E-state index is 10.4. The first-order valence-corrected chi connectivity index (χ1v) is 10.0. The van der Waals surface area contributed by atoms with E-state index >= 15 is 0 Å². The number of ether oxygens (including phenoxy) is 1. The van der Waals surface area contributed by atoms with Gasteiger partial charge in [0.05, 0.1) is 18.2 Å². The van der Waals surface area contributed by atoms with Gasteiger partial charge in [-0.1, -0.05) is 36.4 Å². The van der Waals surface area contributed by atoms with E-state index in [2.05, 4.69) is 6.07 Å². The summed E-state index contributed by atoms with van der Waals surface area (Å²) in [7, 11) is 0. The standard InChI is InChI=1S/C23H27NO6/c24-12-17-8-7-16(23-22(29)21(28)20(27)19(13-26)30-23)11-18(17)10-15-5-3-14(4-6-15)2-1-9-25/h3-8,11,19-23,25-29H,1-2,9-10,13H2/t19-,20-,21+,22-,23+/m1/s1. The highest BCUT2D eigenvalue weighted by atomic mass is 16.5. The second kappa shape index (κ2) is 10.1. The minimum atomic E-state index is -1.45. The van der Waals surface area contributed by atoms with Gasteiger partial charge in [-0.15, -0.1) is 0 Å². The second-order valence-electron chi connectivity index (χ2n) is 7.60. The fourth-order valence-electron chi connectivity index (χ4n) is 3.75. The summed E-state index contributed by atoms with van der Waals surface area (Å²) < 4.78 is 5.64. The number of hydrogen-bond donors (Lipinski definition) is 5. The lowest BCUT2D eigenvalue weighted by molar-refractivity contribution is -0.231. The van der Waals surface area contributed by atoms with Crippen LogP contribution >= 0.6 is 0 Å². The van der Waals surface area contributed by atoms with E-state index in [9.17, 15) is 25.7 Å². The highest BCUT2D eigenvalue weighted by molar-refractivity contribution is 5.44. The lowest BCUT2D eigenvalue weighted by Crippen LogP contribution is -2.55. The molecule has 0 radical (unpaired) electrons. The van der Waals surface area contributed by atoms with Crippen LogP contribution in [0.15, 0.2) is 42.5 Å². The van der Waals surface area contributed by atoms with Crippen LogP contribution in [0, 0.1) is 11.3 Å². The summed E-state index contributed by atoms with van der Waals surface area (Å²) in [5, 5.41) is 58.3. The Morgan fingerprint density at radius 2 is 1.60 bits per heavy atom. The van der Waals surface area contributed by atoms with Crippen LogP contribution in [0.5, 0.6) is 0 Å². The van der Waals surface area contributed by atoms with Crippen LogP contribution in [0.1, 0.15) is 40.3 Å². The summed E-state index contributed by atoms with van der Waals surface area (Å²) in [6.45, 7) is -0.342. The molecule has 0 spiro atoms. The van der Waals surface area contributed by atoms with E-state index in [-0.39, 0.29) is 6.61 Å². The molecular formula is C23H27NO6. The number of nitrogens with zero attached hydrogens (tertiary/aromatic N) is 1. The molecule has 0 saturated carbocycles. The average molecular weight is 413 g/mol. The molecule has 1 aliphatic rings. The zero-order valence-corrected chi connectivity index (χ0v) is 16.6. The highest BCUT2D eigenvalue weighted by Crippen LogP contribution is 2.33. The number of aliphatic hydroxyl groups excluding tert-OH is 5. The predicted octanol–water partition coefficient (Wildman–Crippen LogP) is 0.589. The van der Waals surface area contributed by atoms with Gasteiger partial charge >= 0.3 is 0 Å². The third-order valence-corrected chi connectivity index (χ3v) is 5.51. The largest absolute Gasteiger partial charge is 0.396 e. The number of hydrogen-bond acceptors (Lipinski definition) is 7. The van der Waals surface area contributed by atoms with Crippen molar-refractivity contribution < 1.29 is 30.3 Å². The number of aliphatic hydroxyl groups is 5. The summed E-state index contributed by atoms with van der Waals surface area (Å²) >= 11 is 0. The Bertz CT molecular complexity index is 876. The van der Waals surface area contributed by atoms with Gasteiger partial charge in [0.25, 0.3) is 0 Å². The van der Waals surface area contributed by atoms with Gasteiger partial charge in [0.1, 0.15) is 30.5 Å². The lowest BCUT2D eigenvalue weighted by Gasteiger charge is -2.40. The maximum Gasteiger partial charge on any atom is 0.113 e. The molecule has 2 aromatic rings. The van der Waals surface area contributed by atoms with Crippen molar-refractivity contribution in [2.75, 3.05) is 13.2 Å². The Kier molecular flexibility index (Phi) is 7.56. The van der Waals surface area contributed by atoms with Gasteiger partial charge in [0, 0.05) is 6.61 Å². The van der Waals surface area contributed by atoms with Crippen molar-refractivity contribution in [1.82, 2.24) is 0 Å². The summed E-state index contributed by atoms with van der Waals surface area (Å²) in [4.78, 5) is 0. The van der Waals surface area contributed by atoms with E-state index in [1.165, 1.54) is 0 Å². The first kappa shape index (κ1) is 22.4. The smallest absolute Gasteiger partial charge is 0.113 e. The van der Waals surface area contributed by atoms with Crippen LogP contribution in [0.3, 0.4) is 0 Å². The topological polar surface area (TPSA) is 134 Å². The Labute approximate surface area is 175 Å².